The molecule has 0 saturated carbocycles. The smallest absolute Gasteiger partial charge is 0.269 e. The molecule has 0 unspecified atom stereocenters. The third-order valence-electron chi connectivity index (χ3n) is 4.42. The van der Waals surface area contributed by atoms with Crippen LogP contribution in [0.3, 0.4) is 0 Å². The summed E-state index contributed by atoms with van der Waals surface area (Å²) < 4.78 is 10.7. The largest absolute Gasteiger partial charge is 0.496 e. The average Bonchev–Trinajstić information content (AvgIpc) is 2.61. The first-order valence-corrected chi connectivity index (χ1v) is 7.59. The lowest BCUT2D eigenvalue weighted by Gasteiger charge is -2.26. The number of Topliss-reactive ketones (excluding diaryl/α,β-unsaturated/α-hetero) is 1. The fourth-order valence-electron chi connectivity index (χ4n) is 3.23. The summed E-state index contributed by atoms with van der Waals surface area (Å²) in [6.45, 7) is 0. The minimum atomic E-state index is -0.449. The number of fused-ring (bicyclic) bond motifs is 1. The third kappa shape index (κ3) is 2.60. The zero-order valence-electron chi connectivity index (χ0n) is 13.4. The van der Waals surface area contributed by atoms with Crippen molar-refractivity contribution in [2.75, 3.05) is 14.2 Å². The summed E-state index contributed by atoms with van der Waals surface area (Å²) in [5.41, 5.74) is 2.20. The minimum Gasteiger partial charge on any atom is -0.496 e. The topological polar surface area (TPSA) is 78.7 Å². The lowest BCUT2D eigenvalue weighted by atomic mass is 9.78. The van der Waals surface area contributed by atoms with Gasteiger partial charge in [-0.15, -0.1) is 0 Å². The second-order valence-electron chi connectivity index (χ2n) is 5.63. The van der Waals surface area contributed by atoms with Crippen molar-refractivity contribution >= 4 is 11.5 Å². The first-order chi connectivity index (χ1) is 11.6. The summed E-state index contributed by atoms with van der Waals surface area (Å²) >= 11 is 0. The van der Waals surface area contributed by atoms with E-state index in [-0.39, 0.29) is 17.4 Å². The molecule has 0 aromatic heterocycles. The summed E-state index contributed by atoms with van der Waals surface area (Å²) in [7, 11) is 3.11. The van der Waals surface area contributed by atoms with Crippen LogP contribution in [-0.2, 0) is 6.42 Å². The molecule has 1 aliphatic rings. The van der Waals surface area contributed by atoms with E-state index in [9.17, 15) is 14.9 Å². The van der Waals surface area contributed by atoms with E-state index in [1.54, 1.807) is 31.4 Å². The number of nitrogens with zero attached hydrogens (tertiary/aromatic N) is 1. The highest BCUT2D eigenvalue weighted by Crippen LogP contribution is 2.41. The van der Waals surface area contributed by atoms with Gasteiger partial charge in [0.2, 0.25) is 0 Å². The van der Waals surface area contributed by atoms with Gasteiger partial charge in [0, 0.05) is 23.6 Å². The molecule has 124 valence electrons. The fraction of sp³-hybridized carbons (Fsp3) is 0.278. The van der Waals surface area contributed by atoms with Gasteiger partial charge < -0.3 is 9.47 Å². The normalized spacial score (nSPS) is 16.4. The number of carbonyl (C=O) groups is 1. The van der Waals surface area contributed by atoms with E-state index >= 15 is 0 Å². The number of nitro benzene ring substituents is 1. The predicted molar refractivity (Wildman–Crippen MR) is 88.0 cm³/mol. The summed E-state index contributed by atoms with van der Waals surface area (Å²) in [5.74, 6) is 0.837. The van der Waals surface area contributed by atoms with Gasteiger partial charge in [-0.1, -0.05) is 12.1 Å². The Labute approximate surface area is 139 Å². The summed E-state index contributed by atoms with van der Waals surface area (Å²) in [4.78, 5) is 23.3. The molecule has 0 heterocycles. The SMILES string of the molecule is COc1ccc(OC)c2c1CC[C@@H](c1ccc([N+](=O)[O-])cc1)C2=O. The zero-order chi connectivity index (χ0) is 17.3. The maximum atomic E-state index is 13.0. The molecule has 0 N–H and O–H groups in total. The summed E-state index contributed by atoms with van der Waals surface area (Å²) in [6.07, 6.45) is 1.32. The van der Waals surface area contributed by atoms with Crippen LogP contribution in [0.1, 0.15) is 33.8 Å². The van der Waals surface area contributed by atoms with E-state index in [2.05, 4.69) is 0 Å². The molecule has 6 heteroatoms. The van der Waals surface area contributed by atoms with Crippen LogP contribution in [-0.4, -0.2) is 24.9 Å². The zero-order valence-corrected chi connectivity index (χ0v) is 13.4. The standard InChI is InChI=1S/C18H17NO5/c1-23-15-9-10-16(24-2)17-14(15)8-7-13(18(17)20)11-3-5-12(6-4-11)19(21)22/h3-6,9-10,13H,7-8H2,1-2H3/t13-/m0/s1. The van der Waals surface area contributed by atoms with Crippen LogP contribution in [0, 0.1) is 10.1 Å². The van der Waals surface area contributed by atoms with Crippen LogP contribution >= 0.6 is 0 Å². The number of methoxy groups -OCH3 is 2. The van der Waals surface area contributed by atoms with Crippen LogP contribution in [0.25, 0.3) is 0 Å². The molecular formula is C18H17NO5. The van der Waals surface area contributed by atoms with Crippen LogP contribution in [0.4, 0.5) is 5.69 Å². The first kappa shape index (κ1) is 16.0. The molecule has 24 heavy (non-hydrogen) atoms. The van der Waals surface area contributed by atoms with Gasteiger partial charge in [-0.2, -0.15) is 0 Å². The van der Waals surface area contributed by atoms with Crippen LogP contribution < -0.4 is 9.47 Å². The van der Waals surface area contributed by atoms with Crippen molar-refractivity contribution in [2.45, 2.75) is 18.8 Å². The first-order valence-electron chi connectivity index (χ1n) is 7.59. The predicted octanol–water partition coefficient (Wildman–Crippen LogP) is 3.52. The Morgan fingerprint density at radius 3 is 2.25 bits per heavy atom. The van der Waals surface area contributed by atoms with Crippen molar-refractivity contribution in [1.29, 1.82) is 0 Å². The molecule has 0 bridgehead atoms. The number of ketones is 1. The van der Waals surface area contributed by atoms with Crippen molar-refractivity contribution in [2.24, 2.45) is 0 Å². The van der Waals surface area contributed by atoms with Gasteiger partial charge in [-0.3, -0.25) is 14.9 Å². The van der Waals surface area contributed by atoms with Gasteiger partial charge in [0.15, 0.2) is 5.78 Å². The van der Waals surface area contributed by atoms with Crippen molar-refractivity contribution in [3.63, 3.8) is 0 Å². The van der Waals surface area contributed by atoms with E-state index in [0.29, 0.717) is 29.9 Å². The quantitative estimate of drug-likeness (QED) is 0.634. The molecule has 1 aliphatic carbocycles. The Balaban J connectivity index is 2.01. The number of non-ortho nitro benzene ring substituents is 1. The monoisotopic (exact) mass is 327 g/mol. The van der Waals surface area contributed by atoms with E-state index in [0.717, 1.165) is 11.1 Å². The average molecular weight is 327 g/mol. The number of nitro groups is 1. The summed E-state index contributed by atoms with van der Waals surface area (Å²) in [6, 6.07) is 9.70. The van der Waals surface area contributed by atoms with Crippen LogP contribution in [0.2, 0.25) is 0 Å². The molecule has 2 aromatic rings. The van der Waals surface area contributed by atoms with Gasteiger partial charge in [0.1, 0.15) is 11.5 Å². The third-order valence-corrected chi connectivity index (χ3v) is 4.42. The van der Waals surface area contributed by atoms with Gasteiger partial charge in [-0.25, -0.2) is 0 Å². The van der Waals surface area contributed by atoms with Crippen LogP contribution in [0.5, 0.6) is 11.5 Å². The molecule has 0 fully saturated rings. The maximum absolute atomic E-state index is 13.0. The molecule has 6 nitrogen and oxygen atoms in total. The number of ether oxygens (including phenoxy) is 2. The lowest BCUT2D eigenvalue weighted by molar-refractivity contribution is -0.384. The maximum Gasteiger partial charge on any atom is 0.269 e. The molecule has 2 aromatic carbocycles. The molecule has 3 rings (SSSR count). The Hall–Kier alpha value is -2.89. The molecule has 0 radical (unpaired) electrons. The number of hydrogen-bond acceptors (Lipinski definition) is 5. The van der Waals surface area contributed by atoms with Gasteiger partial charge in [-0.05, 0) is 30.5 Å². The van der Waals surface area contributed by atoms with Crippen LogP contribution in [0.15, 0.2) is 36.4 Å². The van der Waals surface area contributed by atoms with Gasteiger partial charge >= 0.3 is 0 Å². The highest BCUT2D eigenvalue weighted by atomic mass is 16.6. The van der Waals surface area contributed by atoms with E-state index in [4.69, 9.17) is 9.47 Å². The van der Waals surface area contributed by atoms with Crippen molar-refractivity contribution in [1.82, 2.24) is 0 Å². The molecular weight excluding hydrogens is 310 g/mol. The van der Waals surface area contributed by atoms with Gasteiger partial charge in [0.25, 0.3) is 5.69 Å². The second kappa shape index (κ2) is 6.31. The number of rotatable bonds is 4. The highest BCUT2D eigenvalue weighted by Gasteiger charge is 2.33. The van der Waals surface area contributed by atoms with E-state index in [1.165, 1.54) is 19.2 Å². The number of benzene rings is 2. The second-order valence-corrected chi connectivity index (χ2v) is 5.63. The lowest BCUT2D eigenvalue weighted by Crippen LogP contribution is -2.22. The number of carbonyl (C=O) groups excluding carboxylic acids is 1. The minimum absolute atomic E-state index is 0.0154. The molecule has 1 atom stereocenters. The Kier molecular flexibility index (Phi) is 4.20. The van der Waals surface area contributed by atoms with Crippen molar-refractivity contribution < 1.29 is 19.2 Å². The summed E-state index contributed by atoms with van der Waals surface area (Å²) in [5, 5.41) is 10.8. The molecule has 0 aliphatic heterocycles. The Bertz CT molecular complexity index is 798. The Morgan fingerprint density at radius 2 is 1.67 bits per heavy atom. The fourth-order valence-corrected chi connectivity index (χ4v) is 3.23. The number of hydrogen-bond donors (Lipinski definition) is 0. The molecule has 0 amide bonds. The highest BCUT2D eigenvalue weighted by molar-refractivity contribution is 6.06. The van der Waals surface area contributed by atoms with Gasteiger partial charge in [0.05, 0.1) is 24.7 Å². The molecule has 0 spiro atoms. The van der Waals surface area contributed by atoms with Crippen molar-refractivity contribution in [3.8, 4) is 11.5 Å². The van der Waals surface area contributed by atoms with E-state index < -0.39 is 4.92 Å². The van der Waals surface area contributed by atoms with E-state index in [1.807, 2.05) is 0 Å². The van der Waals surface area contributed by atoms with Crippen molar-refractivity contribution in [3.05, 3.63) is 63.2 Å². The Morgan fingerprint density at radius 1 is 1.04 bits per heavy atom. The molecule has 0 saturated heterocycles.